The highest BCUT2D eigenvalue weighted by atomic mass is 16.4. The molecular formula is C20H32O2. The number of allylic oxidation sites excluding steroid dienone is 7. The molecule has 0 aliphatic heterocycles. The zero-order valence-corrected chi connectivity index (χ0v) is 14.0. The molecule has 0 fully saturated rings. The lowest BCUT2D eigenvalue weighted by molar-refractivity contribution is -0.131. The Labute approximate surface area is 136 Å². The Morgan fingerprint density at radius 2 is 1.23 bits per heavy atom. The summed E-state index contributed by atoms with van der Waals surface area (Å²) < 4.78 is 0. The van der Waals surface area contributed by atoms with E-state index in [1.807, 2.05) is 18.2 Å². The summed E-state index contributed by atoms with van der Waals surface area (Å²) in [4.78, 5) is 10.2. The van der Waals surface area contributed by atoms with Crippen LogP contribution in [0.2, 0.25) is 0 Å². The van der Waals surface area contributed by atoms with Crippen LogP contribution in [0.3, 0.4) is 0 Å². The van der Waals surface area contributed by atoms with Crippen LogP contribution in [0.5, 0.6) is 0 Å². The number of carboxylic acids is 1. The first kappa shape index (κ1) is 20.4. The van der Waals surface area contributed by atoms with Crippen LogP contribution in [0.4, 0.5) is 0 Å². The molecule has 0 aliphatic carbocycles. The smallest absolute Gasteiger partial charge is 0.328 e. The van der Waals surface area contributed by atoms with Gasteiger partial charge < -0.3 is 5.11 Å². The molecule has 0 saturated heterocycles. The number of rotatable bonds is 14. The van der Waals surface area contributed by atoms with Crippen molar-refractivity contribution in [1.82, 2.24) is 0 Å². The van der Waals surface area contributed by atoms with Crippen molar-refractivity contribution in [2.24, 2.45) is 0 Å². The molecule has 0 heterocycles. The first-order valence-corrected chi connectivity index (χ1v) is 8.67. The summed E-state index contributed by atoms with van der Waals surface area (Å²) in [6.45, 7) is 2.26. The summed E-state index contributed by atoms with van der Waals surface area (Å²) >= 11 is 0. The fraction of sp³-hybridized carbons (Fsp3) is 0.550. The Bertz CT molecular complexity index is 362. The molecule has 0 radical (unpaired) electrons. The average molecular weight is 304 g/mol. The van der Waals surface area contributed by atoms with Crippen LogP contribution < -0.4 is 0 Å². The zero-order chi connectivity index (χ0) is 16.3. The highest BCUT2D eigenvalue weighted by molar-refractivity contribution is 5.80. The topological polar surface area (TPSA) is 37.3 Å². The Morgan fingerprint density at radius 3 is 1.82 bits per heavy atom. The van der Waals surface area contributed by atoms with Gasteiger partial charge in [-0.25, -0.2) is 4.79 Å². The standard InChI is InChI=1S/C20H32O2/c1-2-3-4-5-6-7-8-9-10-11-12-13-14-15-16-17-18-19-20(21)22/h12-19H,2-11H2,1H3,(H,21,22)/b13-12-,15-14+,17-16+,19-18+. The van der Waals surface area contributed by atoms with Gasteiger partial charge >= 0.3 is 5.97 Å². The minimum Gasteiger partial charge on any atom is -0.478 e. The number of unbranched alkanes of at least 4 members (excludes halogenated alkanes) is 9. The summed E-state index contributed by atoms with van der Waals surface area (Å²) in [5, 5.41) is 8.39. The average Bonchev–Trinajstić information content (AvgIpc) is 2.50. The SMILES string of the molecule is CCCCCCCCCCC\C=C/C=C/C=C/C=C/C(=O)O. The molecule has 22 heavy (non-hydrogen) atoms. The predicted molar refractivity (Wildman–Crippen MR) is 96.0 cm³/mol. The lowest BCUT2D eigenvalue weighted by Crippen LogP contribution is -1.84. The van der Waals surface area contributed by atoms with Crippen molar-refractivity contribution < 1.29 is 9.90 Å². The van der Waals surface area contributed by atoms with E-state index in [1.165, 1.54) is 63.9 Å². The Balaban J connectivity index is 3.35. The minimum absolute atomic E-state index is 0.922. The Hall–Kier alpha value is -1.57. The summed E-state index contributed by atoms with van der Waals surface area (Å²) in [7, 11) is 0. The lowest BCUT2D eigenvalue weighted by atomic mass is 10.1. The van der Waals surface area contributed by atoms with Gasteiger partial charge in [0.05, 0.1) is 0 Å². The number of carboxylic acid groups (broad SMARTS) is 1. The van der Waals surface area contributed by atoms with Gasteiger partial charge in [0, 0.05) is 6.08 Å². The second kappa shape index (κ2) is 17.5. The molecule has 2 nitrogen and oxygen atoms in total. The van der Waals surface area contributed by atoms with Gasteiger partial charge in [-0.05, 0) is 12.8 Å². The molecule has 0 unspecified atom stereocenters. The van der Waals surface area contributed by atoms with E-state index in [4.69, 9.17) is 5.11 Å². The van der Waals surface area contributed by atoms with Gasteiger partial charge in [0.1, 0.15) is 0 Å². The van der Waals surface area contributed by atoms with E-state index in [0.29, 0.717) is 0 Å². The van der Waals surface area contributed by atoms with E-state index in [9.17, 15) is 4.79 Å². The molecule has 0 amide bonds. The summed E-state index contributed by atoms with van der Waals surface area (Å²) in [5.41, 5.74) is 0. The predicted octanol–water partition coefficient (Wildman–Crippen LogP) is 6.22. The maximum Gasteiger partial charge on any atom is 0.328 e. The van der Waals surface area contributed by atoms with Gasteiger partial charge in [0.2, 0.25) is 0 Å². The molecule has 0 aromatic rings. The highest BCUT2D eigenvalue weighted by Gasteiger charge is 1.90. The Morgan fingerprint density at radius 1 is 0.727 bits per heavy atom. The molecule has 0 spiro atoms. The van der Waals surface area contributed by atoms with E-state index in [-0.39, 0.29) is 0 Å². The van der Waals surface area contributed by atoms with Gasteiger partial charge in [-0.3, -0.25) is 0 Å². The van der Waals surface area contributed by atoms with Gasteiger partial charge in [0.25, 0.3) is 0 Å². The normalized spacial score (nSPS) is 12.4. The third-order valence-corrected chi connectivity index (χ3v) is 3.40. The van der Waals surface area contributed by atoms with Crippen LogP contribution >= 0.6 is 0 Å². The van der Waals surface area contributed by atoms with E-state index in [0.717, 1.165) is 12.5 Å². The molecule has 2 heteroatoms. The van der Waals surface area contributed by atoms with Gasteiger partial charge in [-0.15, -0.1) is 0 Å². The second-order valence-corrected chi connectivity index (χ2v) is 5.51. The molecule has 0 aliphatic rings. The third-order valence-electron chi connectivity index (χ3n) is 3.40. The van der Waals surface area contributed by atoms with Crippen molar-refractivity contribution in [2.45, 2.75) is 71.1 Å². The maximum atomic E-state index is 10.2. The first-order chi connectivity index (χ1) is 10.8. The molecule has 0 saturated carbocycles. The van der Waals surface area contributed by atoms with Crippen LogP contribution in [0.1, 0.15) is 71.1 Å². The molecule has 0 rings (SSSR count). The number of hydrogen-bond donors (Lipinski definition) is 1. The molecule has 0 aromatic carbocycles. The third kappa shape index (κ3) is 18.4. The van der Waals surface area contributed by atoms with E-state index in [2.05, 4.69) is 19.1 Å². The number of aliphatic carboxylic acids is 1. The van der Waals surface area contributed by atoms with Crippen LogP contribution in [-0.4, -0.2) is 11.1 Å². The van der Waals surface area contributed by atoms with E-state index >= 15 is 0 Å². The van der Waals surface area contributed by atoms with Crippen molar-refractivity contribution in [3.05, 3.63) is 48.6 Å². The summed E-state index contributed by atoms with van der Waals surface area (Å²) in [5.74, 6) is -0.922. The van der Waals surface area contributed by atoms with Crippen LogP contribution in [0.15, 0.2) is 48.6 Å². The number of carbonyl (C=O) groups is 1. The largest absolute Gasteiger partial charge is 0.478 e. The molecule has 124 valence electrons. The summed E-state index contributed by atoms with van der Waals surface area (Å²) in [6.07, 6.45) is 27.7. The first-order valence-electron chi connectivity index (χ1n) is 8.67. The van der Waals surface area contributed by atoms with E-state index in [1.54, 1.807) is 6.08 Å². The van der Waals surface area contributed by atoms with Crippen molar-refractivity contribution in [2.75, 3.05) is 0 Å². The quantitative estimate of drug-likeness (QED) is 0.235. The second-order valence-electron chi connectivity index (χ2n) is 5.51. The van der Waals surface area contributed by atoms with Gasteiger partial charge in [0.15, 0.2) is 0 Å². The molecule has 0 aromatic heterocycles. The highest BCUT2D eigenvalue weighted by Crippen LogP contribution is 2.10. The summed E-state index contributed by atoms with van der Waals surface area (Å²) in [6, 6.07) is 0. The zero-order valence-electron chi connectivity index (χ0n) is 14.0. The Kier molecular flexibility index (Phi) is 16.2. The fourth-order valence-corrected chi connectivity index (χ4v) is 2.14. The van der Waals surface area contributed by atoms with Crippen molar-refractivity contribution in [1.29, 1.82) is 0 Å². The monoisotopic (exact) mass is 304 g/mol. The van der Waals surface area contributed by atoms with Crippen LogP contribution in [-0.2, 0) is 4.79 Å². The lowest BCUT2D eigenvalue weighted by Gasteiger charge is -2.00. The van der Waals surface area contributed by atoms with Gasteiger partial charge in [-0.2, -0.15) is 0 Å². The van der Waals surface area contributed by atoms with Crippen molar-refractivity contribution in [3.8, 4) is 0 Å². The van der Waals surface area contributed by atoms with Crippen LogP contribution in [0, 0.1) is 0 Å². The molecule has 1 N–H and O–H groups in total. The number of hydrogen-bond acceptors (Lipinski definition) is 1. The van der Waals surface area contributed by atoms with Crippen molar-refractivity contribution >= 4 is 5.97 Å². The van der Waals surface area contributed by atoms with E-state index < -0.39 is 5.97 Å². The fourth-order valence-electron chi connectivity index (χ4n) is 2.14. The maximum absolute atomic E-state index is 10.2. The minimum atomic E-state index is -0.922. The van der Waals surface area contributed by atoms with Gasteiger partial charge in [-0.1, -0.05) is 101 Å². The van der Waals surface area contributed by atoms with Crippen molar-refractivity contribution in [3.63, 3.8) is 0 Å². The molecular weight excluding hydrogens is 272 g/mol. The molecule has 0 atom stereocenters. The van der Waals surface area contributed by atoms with Crippen LogP contribution in [0.25, 0.3) is 0 Å². The molecule has 0 bridgehead atoms.